The first-order valence-electron chi connectivity index (χ1n) is 22.3. The number of carboxylic acids is 1. The van der Waals surface area contributed by atoms with E-state index in [1.807, 2.05) is 30.6 Å². The second-order valence-corrected chi connectivity index (χ2v) is 21.1. The lowest BCUT2D eigenvalue weighted by molar-refractivity contribution is -0.437. The molecule has 380 valence electrons. The van der Waals surface area contributed by atoms with Crippen LogP contribution in [0.25, 0.3) is 0 Å². The molecule has 2 unspecified atom stereocenters. The summed E-state index contributed by atoms with van der Waals surface area (Å²) in [7, 11) is -10.6. The van der Waals surface area contributed by atoms with Crippen LogP contribution in [0.5, 0.6) is 0 Å². The molecule has 0 radical (unpaired) electrons. The van der Waals surface area contributed by atoms with Gasteiger partial charge in [0.2, 0.25) is 5.69 Å². The van der Waals surface area contributed by atoms with E-state index in [2.05, 4.69) is 4.90 Å². The number of unbranched alkanes of at least 4 members (excludes halogenated alkanes) is 2. The molecular weight excluding hydrogens is 949 g/mol. The van der Waals surface area contributed by atoms with Gasteiger partial charge in [-0.2, -0.15) is 21.4 Å². The van der Waals surface area contributed by atoms with Gasteiger partial charge in [0.15, 0.2) is 5.71 Å². The van der Waals surface area contributed by atoms with Crippen molar-refractivity contribution in [3.8, 4) is 0 Å². The number of hydrogen-bond donors (Lipinski definition) is 3. The Hall–Kier alpha value is -3.91. The number of allylic oxidation sites excluding steroid dienone is 6. The summed E-state index contributed by atoms with van der Waals surface area (Å²) < 4.78 is 140. The molecule has 0 bridgehead atoms. The lowest BCUT2D eigenvalue weighted by atomic mass is 9.76. The summed E-state index contributed by atoms with van der Waals surface area (Å²) in [6, 6.07) is 8.51. The Labute approximate surface area is 400 Å². The number of methoxy groups -OCH3 is 2. The molecule has 68 heavy (non-hydrogen) atoms. The van der Waals surface area contributed by atoms with Gasteiger partial charge in [-0.3, -0.25) is 13.9 Å². The molecule has 4 rings (SSSR count). The molecular formula is C46H66N2O17S3. The Morgan fingerprint density at radius 1 is 0.706 bits per heavy atom. The zero-order valence-corrected chi connectivity index (χ0v) is 41.6. The van der Waals surface area contributed by atoms with Crippen LogP contribution in [0.2, 0.25) is 0 Å². The number of benzene rings is 2. The number of rotatable bonds is 33. The third-order valence-corrected chi connectivity index (χ3v) is 14.4. The summed E-state index contributed by atoms with van der Waals surface area (Å²) in [5.74, 6) is -1.42. The van der Waals surface area contributed by atoms with Crippen LogP contribution in [0, 0.1) is 0 Å². The first-order chi connectivity index (χ1) is 32.2. The van der Waals surface area contributed by atoms with Gasteiger partial charge in [-0.05, 0) is 81.5 Å². The molecule has 2 heterocycles. The topological polar surface area (TPSA) is 265 Å². The van der Waals surface area contributed by atoms with Gasteiger partial charge >= 0.3 is 5.97 Å². The Morgan fingerprint density at radius 2 is 1.28 bits per heavy atom. The molecule has 19 nitrogen and oxygen atoms in total. The molecule has 0 saturated carbocycles. The number of carboxylic acid groups (broad SMARTS) is 1. The number of fused-ring (bicyclic) bond motifs is 2. The van der Waals surface area contributed by atoms with Gasteiger partial charge in [-0.25, -0.2) is 8.42 Å². The summed E-state index contributed by atoms with van der Waals surface area (Å²) in [6.07, 6.45) is 11.5. The maximum atomic E-state index is 12.4. The molecule has 2 aliphatic rings. The number of anilines is 1. The Kier molecular flexibility index (Phi) is 22.0. The first kappa shape index (κ1) is 56.7. The van der Waals surface area contributed by atoms with Crippen LogP contribution in [-0.2, 0) is 74.4 Å². The van der Waals surface area contributed by atoms with Crippen LogP contribution in [0.1, 0.15) is 69.9 Å². The van der Waals surface area contributed by atoms with E-state index in [9.17, 15) is 48.8 Å². The van der Waals surface area contributed by atoms with E-state index in [1.165, 1.54) is 30.3 Å². The highest BCUT2D eigenvalue weighted by Crippen LogP contribution is 2.51. The van der Waals surface area contributed by atoms with Crippen LogP contribution in [0.15, 0.2) is 82.3 Å². The van der Waals surface area contributed by atoms with E-state index in [1.54, 1.807) is 38.5 Å². The molecule has 0 aliphatic carbocycles. The fraction of sp³-hybridized carbons (Fsp3) is 0.565. The fourth-order valence-electron chi connectivity index (χ4n) is 8.35. The standard InChI is InChI=1S/C46H66N2O17S3/c1-45(19-23-62-29-31-64-27-25-60-3)38-34-36(67(54,55)56)15-17-40(38)47(21-10-6-9-14-44(49)50)42(45)12-7-5-8-13-43-46(2,20-24-63-30-32-65-28-26-61-4)39-35-37(68(57,58)59)16-18-41(39)48(43)22-11-33-66(51,52)53/h5,7-8,12-13,15-18,34-35H,6,9-11,14,19-33H2,1-4H3,(H3-,49,50,51,52,53,54,55,56,57,58,59). The van der Waals surface area contributed by atoms with Crippen molar-refractivity contribution in [2.45, 2.75) is 79.4 Å². The largest absolute Gasteiger partial charge is 0.744 e. The number of hydrogen-bond acceptors (Lipinski definition) is 15. The van der Waals surface area contributed by atoms with E-state index in [0.717, 1.165) is 11.4 Å². The summed E-state index contributed by atoms with van der Waals surface area (Å²) in [4.78, 5) is 12.6. The van der Waals surface area contributed by atoms with Crippen molar-refractivity contribution in [3.63, 3.8) is 0 Å². The van der Waals surface area contributed by atoms with Gasteiger partial charge in [0, 0.05) is 81.3 Å². The fourth-order valence-corrected chi connectivity index (χ4v) is 9.85. The van der Waals surface area contributed by atoms with Gasteiger partial charge in [-0.15, -0.1) is 0 Å². The van der Waals surface area contributed by atoms with Crippen molar-refractivity contribution in [1.29, 1.82) is 0 Å². The molecule has 0 saturated heterocycles. The molecule has 0 spiro atoms. The minimum absolute atomic E-state index is 0.0136. The molecule has 0 fully saturated rings. The van der Waals surface area contributed by atoms with Crippen molar-refractivity contribution in [3.05, 3.63) is 83.6 Å². The van der Waals surface area contributed by atoms with Crippen LogP contribution >= 0.6 is 0 Å². The minimum atomic E-state index is -4.86. The highest BCUT2D eigenvalue weighted by Gasteiger charge is 2.48. The normalized spacial score (nSPS) is 19.3. The van der Waals surface area contributed by atoms with Gasteiger partial charge in [0.05, 0.1) is 73.8 Å². The monoisotopic (exact) mass is 1010 g/mol. The Bertz CT molecular complexity index is 2470. The maximum absolute atomic E-state index is 12.4. The van der Waals surface area contributed by atoms with Crippen LogP contribution in [0.3, 0.4) is 0 Å². The summed E-state index contributed by atoms with van der Waals surface area (Å²) >= 11 is 0. The van der Waals surface area contributed by atoms with E-state index >= 15 is 0 Å². The molecule has 2 aromatic rings. The predicted octanol–water partition coefficient (Wildman–Crippen LogP) is 5.03. The maximum Gasteiger partial charge on any atom is 0.303 e. The number of carbonyl (C=O) groups is 1. The lowest BCUT2D eigenvalue weighted by Crippen LogP contribution is -2.33. The third kappa shape index (κ3) is 16.3. The van der Waals surface area contributed by atoms with Gasteiger partial charge in [-0.1, -0.05) is 24.6 Å². The summed E-state index contributed by atoms with van der Waals surface area (Å²) in [6.45, 7) is 7.72. The second kappa shape index (κ2) is 26.3. The highest BCUT2D eigenvalue weighted by atomic mass is 32.2. The molecule has 2 aromatic carbocycles. The molecule has 0 amide bonds. The molecule has 22 heteroatoms. The van der Waals surface area contributed by atoms with Crippen molar-refractivity contribution in [2.75, 3.05) is 104 Å². The highest BCUT2D eigenvalue weighted by molar-refractivity contribution is 7.86. The lowest BCUT2D eigenvalue weighted by Gasteiger charge is -2.30. The number of ether oxygens (including phenoxy) is 6. The Morgan fingerprint density at radius 3 is 1.85 bits per heavy atom. The Balaban J connectivity index is 1.76. The molecule has 0 aromatic heterocycles. The number of nitrogens with zero attached hydrogens (tertiary/aromatic N) is 2. The quantitative estimate of drug-likeness (QED) is 0.0366. The van der Waals surface area contributed by atoms with Crippen LogP contribution in [-0.4, -0.2) is 159 Å². The van der Waals surface area contributed by atoms with Gasteiger partial charge in [0.25, 0.3) is 20.2 Å². The molecule has 2 atom stereocenters. The van der Waals surface area contributed by atoms with E-state index in [4.69, 9.17) is 28.4 Å². The minimum Gasteiger partial charge on any atom is -0.744 e. The average Bonchev–Trinajstić information content (AvgIpc) is 3.63. The van der Waals surface area contributed by atoms with Crippen LogP contribution in [0.4, 0.5) is 11.4 Å². The smallest absolute Gasteiger partial charge is 0.303 e. The van der Waals surface area contributed by atoms with Crippen molar-refractivity contribution >= 4 is 53.4 Å². The predicted molar refractivity (Wildman–Crippen MR) is 252 cm³/mol. The SMILES string of the molecule is COCCOCCOCCC1(C)C(=CC=CC=CC2=[N+](CCCS(=O)(=O)O)c3ccc(S(=O)(=O)[O-])cc3C2(C)CCOCCOCCOC)N(CCCCCC(=O)O)c2ccc(S(=O)(=O)O)cc21. The van der Waals surface area contributed by atoms with E-state index < -0.39 is 57.8 Å². The van der Waals surface area contributed by atoms with Crippen molar-refractivity contribution < 1.29 is 81.8 Å². The van der Waals surface area contributed by atoms with Gasteiger partial charge < -0.3 is 43.0 Å². The van der Waals surface area contributed by atoms with Crippen molar-refractivity contribution in [2.24, 2.45) is 0 Å². The first-order valence-corrected chi connectivity index (χ1v) is 26.8. The number of aliphatic carboxylic acids is 1. The van der Waals surface area contributed by atoms with Crippen LogP contribution < -0.4 is 4.90 Å². The molecule has 2 aliphatic heterocycles. The van der Waals surface area contributed by atoms with E-state index in [-0.39, 0.29) is 44.1 Å². The third-order valence-electron chi connectivity index (χ3n) is 11.9. The summed E-state index contributed by atoms with van der Waals surface area (Å²) in [5.41, 5.74) is 2.05. The second-order valence-electron chi connectivity index (χ2n) is 16.7. The van der Waals surface area contributed by atoms with Crippen molar-refractivity contribution in [1.82, 2.24) is 0 Å². The average molecular weight is 1020 g/mol. The zero-order valence-electron chi connectivity index (χ0n) is 39.2. The van der Waals surface area contributed by atoms with E-state index in [0.29, 0.717) is 107 Å². The zero-order chi connectivity index (χ0) is 50.0. The summed E-state index contributed by atoms with van der Waals surface area (Å²) in [5, 5.41) is 9.22. The van der Waals surface area contributed by atoms with Gasteiger partial charge in [0.1, 0.15) is 16.7 Å². The molecule has 3 N–H and O–H groups in total.